The molecule has 1 aliphatic rings. The molecule has 1 aliphatic carbocycles. The molecule has 2 atom stereocenters. The van der Waals surface area contributed by atoms with E-state index in [4.69, 9.17) is 0 Å². The highest BCUT2D eigenvalue weighted by molar-refractivity contribution is 14.0. The first kappa shape index (κ1) is 21.9. The third-order valence-corrected chi connectivity index (χ3v) is 4.91. The van der Waals surface area contributed by atoms with E-state index in [0.717, 1.165) is 37.3 Å². The van der Waals surface area contributed by atoms with Crippen molar-refractivity contribution < 1.29 is 8.42 Å². The van der Waals surface area contributed by atoms with E-state index in [9.17, 15) is 8.42 Å². The van der Waals surface area contributed by atoms with Crippen LogP contribution in [0.15, 0.2) is 4.99 Å². The van der Waals surface area contributed by atoms with Gasteiger partial charge in [0.05, 0.1) is 5.75 Å². The Hall–Kier alpha value is -0.0500. The van der Waals surface area contributed by atoms with Crippen LogP contribution in [0.2, 0.25) is 0 Å². The van der Waals surface area contributed by atoms with E-state index < -0.39 is 9.84 Å². The molecule has 0 aliphatic heterocycles. The first-order valence-corrected chi connectivity index (χ1v) is 10.2. The van der Waals surface area contributed by atoms with Crippen LogP contribution in [-0.4, -0.2) is 46.0 Å². The van der Waals surface area contributed by atoms with Crippen LogP contribution in [0.5, 0.6) is 0 Å². The number of guanidine groups is 1. The lowest BCUT2D eigenvalue weighted by molar-refractivity contribution is 0.272. The third kappa shape index (κ3) is 10.6. The summed E-state index contributed by atoms with van der Waals surface area (Å²) in [5.74, 6) is 2.52. The normalized spacial score (nSPS) is 22.8. The number of nitrogens with one attached hydrogen (secondary N) is 2. The molecule has 0 radical (unpaired) electrons. The van der Waals surface area contributed by atoms with Gasteiger partial charge in [-0.2, -0.15) is 0 Å². The average Bonchev–Trinajstić information content (AvgIpc) is 2.37. The minimum Gasteiger partial charge on any atom is -0.357 e. The Kier molecular flexibility index (Phi) is 11.5. The molecule has 0 saturated heterocycles. The number of hydrogen-bond donors (Lipinski definition) is 2. The Labute approximate surface area is 153 Å². The monoisotopic (exact) mass is 445 g/mol. The summed E-state index contributed by atoms with van der Waals surface area (Å²) in [5, 5.41) is 6.24. The van der Waals surface area contributed by atoms with E-state index in [0.29, 0.717) is 6.54 Å². The van der Waals surface area contributed by atoms with Gasteiger partial charge in [-0.15, -0.1) is 24.0 Å². The van der Waals surface area contributed by atoms with E-state index in [1.807, 2.05) is 6.92 Å². The molecule has 2 unspecified atom stereocenters. The van der Waals surface area contributed by atoms with Gasteiger partial charge in [0.25, 0.3) is 0 Å². The highest BCUT2D eigenvalue weighted by Gasteiger charge is 2.18. The Balaban J connectivity index is 0.00000441. The molecule has 0 bridgehead atoms. The summed E-state index contributed by atoms with van der Waals surface area (Å²) >= 11 is 0. The zero-order valence-corrected chi connectivity index (χ0v) is 17.2. The summed E-state index contributed by atoms with van der Waals surface area (Å²) in [4.78, 5) is 4.55. The topological polar surface area (TPSA) is 70.6 Å². The molecule has 2 N–H and O–H groups in total. The minimum atomic E-state index is -2.92. The smallest absolute Gasteiger partial charge is 0.191 e. The summed E-state index contributed by atoms with van der Waals surface area (Å²) in [7, 11) is -2.92. The van der Waals surface area contributed by atoms with Gasteiger partial charge in [0.15, 0.2) is 5.96 Å². The quantitative estimate of drug-likeness (QED) is 0.359. The molecule has 132 valence electrons. The van der Waals surface area contributed by atoms with Crippen LogP contribution in [0.3, 0.4) is 0 Å². The predicted octanol–water partition coefficient (Wildman–Crippen LogP) is 2.42. The lowest BCUT2D eigenvalue weighted by Gasteiger charge is -2.26. The predicted molar refractivity (Wildman–Crippen MR) is 105 cm³/mol. The van der Waals surface area contributed by atoms with Gasteiger partial charge in [0.2, 0.25) is 0 Å². The van der Waals surface area contributed by atoms with E-state index in [1.165, 1.54) is 31.9 Å². The highest BCUT2D eigenvalue weighted by Crippen LogP contribution is 2.30. The second-order valence-corrected chi connectivity index (χ2v) is 8.50. The lowest BCUT2D eigenvalue weighted by Crippen LogP contribution is -2.39. The molecular formula is C15H32IN3O2S. The van der Waals surface area contributed by atoms with Crippen molar-refractivity contribution in [1.29, 1.82) is 0 Å². The number of aliphatic imine (C=N–C) groups is 1. The van der Waals surface area contributed by atoms with Crippen LogP contribution >= 0.6 is 24.0 Å². The van der Waals surface area contributed by atoms with Gasteiger partial charge in [-0.1, -0.05) is 26.2 Å². The zero-order chi connectivity index (χ0) is 15.7. The van der Waals surface area contributed by atoms with E-state index >= 15 is 0 Å². The lowest BCUT2D eigenvalue weighted by atomic mass is 9.81. The minimum absolute atomic E-state index is 0. The summed E-state index contributed by atoms with van der Waals surface area (Å²) in [6.07, 6.45) is 7.76. The molecule has 1 rings (SSSR count). The molecule has 0 spiro atoms. The van der Waals surface area contributed by atoms with Gasteiger partial charge >= 0.3 is 0 Å². The van der Waals surface area contributed by atoms with Gasteiger partial charge in [0.1, 0.15) is 9.84 Å². The number of rotatable bonds is 7. The van der Waals surface area contributed by atoms with Gasteiger partial charge in [-0.05, 0) is 31.6 Å². The number of hydrogen-bond acceptors (Lipinski definition) is 3. The molecule has 7 heteroatoms. The van der Waals surface area contributed by atoms with E-state index in [2.05, 4.69) is 22.5 Å². The molecule has 0 heterocycles. The van der Waals surface area contributed by atoms with Crippen LogP contribution < -0.4 is 10.6 Å². The van der Waals surface area contributed by atoms with Gasteiger partial charge in [-0.3, -0.25) is 4.99 Å². The van der Waals surface area contributed by atoms with Crippen LogP contribution in [0, 0.1) is 11.8 Å². The summed E-state index contributed by atoms with van der Waals surface area (Å²) in [6.45, 7) is 6.35. The number of nitrogens with zero attached hydrogens (tertiary/aromatic N) is 1. The number of halogens is 1. The van der Waals surface area contributed by atoms with E-state index in [-0.39, 0.29) is 29.7 Å². The van der Waals surface area contributed by atoms with Crippen LogP contribution in [0.25, 0.3) is 0 Å². The van der Waals surface area contributed by atoms with Crippen molar-refractivity contribution in [3.05, 3.63) is 0 Å². The van der Waals surface area contributed by atoms with Crippen molar-refractivity contribution >= 4 is 39.8 Å². The Bertz CT molecular complexity index is 427. The van der Waals surface area contributed by atoms with Gasteiger partial charge < -0.3 is 10.6 Å². The molecule has 1 saturated carbocycles. The van der Waals surface area contributed by atoms with Crippen LogP contribution in [0.4, 0.5) is 0 Å². The molecule has 0 aromatic heterocycles. The third-order valence-electron chi connectivity index (χ3n) is 3.96. The van der Waals surface area contributed by atoms with Crippen molar-refractivity contribution in [1.82, 2.24) is 10.6 Å². The molecule has 0 aromatic carbocycles. The molecule has 0 amide bonds. The first-order chi connectivity index (χ1) is 9.90. The second-order valence-electron chi connectivity index (χ2n) is 6.24. The standard InChI is InChI=1S/C15H31N3O2S.HI/c1-4-16-15(18-10-11-21(3,19)20)17-9-8-14-7-5-6-13(2)12-14;/h13-14H,4-12H2,1-3H3,(H2,16,17,18);1H. The second kappa shape index (κ2) is 11.5. The maximum atomic E-state index is 11.1. The highest BCUT2D eigenvalue weighted by atomic mass is 127. The van der Waals surface area contributed by atoms with Crippen molar-refractivity contribution in [2.45, 2.75) is 46.0 Å². The first-order valence-electron chi connectivity index (χ1n) is 8.10. The fraction of sp³-hybridized carbons (Fsp3) is 0.933. The van der Waals surface area contributed by atoms with Crippen LogP contribution in [0.1, 0.15) is 46.0 Å². The molecule has 0 aromatic rings. The summed E-state index contributed by atoms with van der Waals surface area (Å²) in [5.41, 5.74) is 0. The van der Waals surface area contributed by atoms with Crippen molar-refractivity contribution in [3.63, 3.8) is 0 Å². The fourth-order valence-electron chi connectivity index (χ4n) is 2.88. The van der Waals surface area contributed by atoms with Gasteiger partial charge in [-0.25, -0.2) is 8.42 Å². The molecular weight excluding hydrogens is 413 g/mol. The summed E-state index contributed by atoms with van der Waals surface area (Å²) in [6, 6.07) is 0. The Morgan fingerprint density at radius 1 is 1.27 bits per heavy atom. The average molecular weight is 445 g/mol. The maximum absolute atomic E-state index is 11.1. The summed E-state index contributed by atoms with van der Waals surface area (Å²) < 4.78 is 22.2. The largest absolute Gasteiger partial charge is 0.357 e. The molecule has 1 fully saturated rings. The van der Waals surface area contributed by atoms with Gasteiger partial charge in [0, 0.05) is 25.9 Å². The van der Waals surface area contributed by atoms with Crippen molar-refractivity contribution in [2.75, 3.05) is 31.6 Å². The van der Waals surface area contributed by atoms with E-state index in [1.54, 1.807) is 0 Å². The van der Waals surface area contributed by atoms with Crippen molar-refractivity contribution in [3.8, 4) is 0 Å². The van der Waals surface area contributed by atoms with Crippen LogP contribution in [-0.2, 0) is 9.84 Å². The maximum Gasteiger partial charge on any atom is 0.191 e. The zero-order valence-electron chi connectivity index (χ0n) is 14.1. The Morgan fingerprint density at radius 3 is 2.59 bits per heavy atom. The molecule has 22 heavy (non-hydrogen) atoms. The SMILES string of the molecule is CCNC(=NCCC1CCCC(C)C1)NCCS(C)(=O)=O.I. The number of sulfone groups is 1. The fourth-order valence-corrected chi connectivity index (χ4v) is 3.35. The van der Waals surface area contributed by atoms with Crippen molar-refractivity contribution in [2.24, 2.45) is 16.8 Å². The molecule has 5 nitrogen and oxygen atoms in total. The Morgan fingerprint density at radius 2 is 2.00 bits per heavy atom.